The van der Waals surface area contributed by atoms with Gasteiger partial charge in [-0.1, -0.05) is 37.5 Å². The van der Waals surface area contributed by atoms with Gasteiger partial charge < -0.3 is 5.11 Å². The van der Waals surface area contributed by atoms with Gasteiger partial charge in [-0.25, -0.2) is 0 Å². The summed E-state index contributed by atoms with van der Waals surface area (Å²) >= 11 is 0. The van der Waals surface area contributed by atoms with Crippen molar-refractivity contribution in [1.29, 1.82) is 0 Å². The molecule has 1 aliphatic rings. The summed E-state index contributed by atoms with van der Waals surface area (Å²) in [5.74, 6) is 2.41. The Hall–Kier alpha value is -1.00. The number of rotatable bonds is 2. The molecule has 1 rings (SSSR count). The summed E-state index contributed by atoms with van der Waals surface area (Å²) in [6.07, 6.45) is 12.5. The molecule has 1 unspecified atom stereocenters. The van der Waals surface area contributed by atoms with Gasteiger partial charge in [-0.2, -0.15) is 0 Å². The molecule has 0 heterocycles. The molecule has 88 valence electrons. The highest BCUT2D eigenvalue weighted by Crippen LogP contribution is 2.40. The maximum atomic E-state index is 9.81. The summed E-state index contributed by atoms with van der Waals surface area (Å²) in [7, 11) is 0. The topological polar surface area (TPSA) is 20.2 Å². The molecule has 0 saturated carbocycles. The lowest BCUT2D eigenvalue weighted by atomic mass is 9.72. The first-order valence-electron chi connectivity index (χ1n) is 5.86. The van der Waals surface area contributed by atoms with E-state index in [2.05, 4.69) is 38.8 Å². The van der Waals surface area contributed by atoms with E-state index in [0.29, 0.717) is 6.42 Å². The van der Waals surface area contributed by atoms with Gasteiger partial charge in [0, 0.05) is 6.42 Å². The molecule has 0 amide bonds. The van der Waals surface area contributed by atoms with Gasteiger partial charge in [-0.05, 0) is 37.7 Å². The van der Waals surface area contributed by atoms with E-state index >= 15 is 0 Å². The molecular weight excluding hydrogens is 196 g/mol. The standard InChI is InChI=1S/C15H22O/c1-6-15(5,16)11-9-13-12(2)8-7-10-14(13,3)4/h1,8-9,16H,7,10-11H2,2-5H3/b13-9+. The van der Waals surface area contributed by atoms with Crippen molar-refractivity contribution in [2.75, 3.05) is 0 Å². The van der Waals surface area contributed by atoms with Crippen molar-refractivity contribution in [3.05, 3.63) is 23.3 Å². The van der Waals surface area contributed by atoms with Crippen LogP contribution < -0.4 is 0 Å². The van der Waals surface area contributed by atoms with Crippen LogP contribution in [-0.2, 0) is 0 Å². The molecule has 1 nitrogen and oxygen atoms in total. The van der Waals surface area contributed by atoms with Crippen LogP contribution >= 0.6 is 0 Å². The Morgan fingerprint density at radius 3 is 2.75 bits per heavy atom. The summed E-state index contributed by atoms with van der Waals surface area (Å²) in [5, 5.41) is 9.81. The first-order chi connectivity index (χ1) is 7.28. The summed E-state index contributed by atoms with van der Waals surface area (Å²) in [5.41, 5.74) is 1.82. The van der Waals surface area contributed by atoms with Crippen molar-refractivity contribution in [1.82, 2.24) is 0 Å². The van der Waals surface area contributed by atoms with Crippen molar-refractivity contribution in [2.24, 2.45) is 5.41 Å². The Bertz CT molecular complexity index is 361. The zero-order chi connectivity index (χ0) is 12.4. The van der Waals surface area contributed by atoms with Crippen LogP contribution in [0.15, 0.2) is 23.3 Å². The van der Waals surface area contributed by atoms with Crippen LogP contribution in [0.1, 0.15) is 47.0 Å². The molecular formula is C15H22O. The van der Waals surface area contributed by atoms with Gasteiger partial charge >= 0.3 is 0 Å². The first-order valence-corrected chi connectivity index (χ1v) is 5.86. The second-order valence-corrected chi connectivity index (χ2v) is 5.55. The lowest BCUT2D eigenvalue weighted by Crippen LogP contribution is -2.23. The number of allylic oxidation sites excluding steroid dienone is 3. The Balaban J connectivity index is 2.93. The Morgan fingerprint density at radius 2 is 2.25 bits per heavy atom. The summed E-state index contributed by atoms with van der Waals surface area (Å²) in [6.45, 7) is 8.32. The van der Waals surface area contributed by atoms with Gasteiger partial charge in [0.15, 0.2) is 0 Å². The van der Waals surface area contributed by atoms with Gasteiger partial charge in [0.2, 0.25) is 0 Å². The average Bonchev–Trinajstić information content (AvgIpc) is 2.16. The van der Waals surface area contributed by atoms with E-state index < -0.39 is 5.60 Å². The van der Waals surface area contributed by atoms with Crippen molar-refractivity contribution < 1.29 is 5.11 Å². The number of aliphatic hydroxyl groups is 1. The number of hydrogen-bond donors (Lipinski definition) is 1. The van der Waals surface area contributed by atoms with E-state index in [9.17, 15) is 5.11 Å². The molecule has 0 aromatic carbocycles. The SMILES string of the molecule is C#CC(C)(O)C/C=C1\C(C)=CCCC1(C)C. The predicted molar refractivity (Wildman–Crippen MR) is 68.9 cm³/mol. The molecule has 0 fully saturated rings. The van der Waals surface area contributed by atoms with E-state index in [-0.39, 0.29) is 5.41 Å². The van der Waals surface area contributed by atoms with Crippen LogP contribution in [0, 0.1) is 17.8 Å². The monoisotopic (exact) mass is 218 g/mol. The van der Waals surface area contributed by atoms with Crippen LogP contribution in [0.4, 0.5) is 0 Å². The lowest BCUT2D eigenvalue weighted by Gasteiger charge is -2.33. The van der Waals surface area contributed by atoms with Gasteiger partial charge in [-0.3, -0.25) is 0 Å². The van der Waals surface area contributed by atoms with Crippen LogP contribution in [-0.4, -0.2) is 10.7 Å². The summed E-state index contributed by atoms with van der Waals surface area (Å²) in [4.78, 5) is 0. The van der Waals surface area contributed by atoms with Crippen molar-refractivity contribution >= 4 is 0 Å². The van der Waals surface area contributed by atoms with Crippen molar-refractivity contribution in [3.8, 4) is 12.3 Å². The third-order valence-electron chi connectivity index (χ3n) is 3.39. The molecule has 0 aliphatic heterocycles. The molecule has 0 saturated heterocycles. The van der Waals surface area contributed by atoms with E-state index in [1.165, 1.54) is 11.1 Å². The second-order valence-electron chi connectivity index (χ2n) is 5.55. The van der Waals surface area contributed by atoms with Crippen LogP contribution in [0.2, 0.25) is 0 Å². The highest BCUT2D eigenvalue weighted by Gasteiger charge is 2.27. The fourth-order valence-electron chi connectivity index (χ4n) is 2.22. The molecule has 0 aromatic rings. The smallest absolute Gasteiger partial charge is 0.125 e. The minimum atomic E-state index is -1.03. The van der Waals surface area contributed by atoms with Crippen LogP contribution in [0.25, 0.3) is 0 Å². The Kier molecular flexibility index (Phi) is 3.65. The fourth-order valence-corrected chi connectivity index (χ4v) is 2.22. The van der Waals surface area contributed by atoms with Crippen molar-refractivity contribution in [2.45, 2.75) is 52.6 Å². The van der Waals surface area contributed by atoms with Crippen LogP contribution in [0.3, 0.4) is 0 Å². The maximum absolute atomic E-state index is 9.81. The highest BCUT2D eigenvalue weighted by atomic mass is 16.3. The normalized spacial score (nSPS) is 25.8. The average molecular weight is 218 g/mol. The highest BCUT2D eigenvalue weighted by molar-refractivity contribution is 5.37. The zero-order valence-corrected chi connectivity index (χ0v) is 10.8. The van der Waals surface area contributed by atoms with Crippen molar-refractivity contribution in [3.63, 3.8) is 0 Å². The number of terminal acetylenes is 1. The van der Waals surface area contributed by atoms with Crippen LogP contribution in [0.5, 0.6) is 0 Å². The maximum Gasteiger partial charge on any atom is 0.125 e. The van der Waals surface area contributed by atoms with E-state index in [4.69, 9.17) is 6.42 Å². The Labute approximate surface area is 99.3 Å². The minimum absolute atomic E-state index is 0.198. The largest absolute Gasteiger partial charge is 0.378 e. The number of hydrogen-bond acceptors (Lipinski definition) is 1. The van der Waals surface area contributed by atoms with E-state index in [1.54, 1.807) is 6.92 Å². The summed E-state index contributed by atoms with van der Waals surface area (Å²) in [6, 6.07) is 0. The zero-order valence-electron chi connectivity index (χ0n) is 10.8. The van der Waals surface area contributed by atoms with Gasteiger partial charge in [0.05, 0.1) is 0 Å². The molecule has 1 atom stereocenters. The molecule has 1 N–H and O–H groups in total. The molecule has 1 aliphatic carbocycles. The predicted octanol–water partition coefficient (Wildman–Crippen LogP) is 3.45. The minimum Gasteiger partial charge on any atom is -0.378 e. The fraction of sp³-hybridized carbons (Fsp3) is 0.600. The molecule has 0 aromatic heterocycles. The molecule has 0 spiro atoms. The quantitative estimate of drug-likeness (QED) is 0.704. The third kappa shape index (κ3) is 3.00. The molecule has 16 heavy (non-hydrogen) atoms. The van der Waals surface area contributed by atoms with Gasteiger partial charge in [0.25, 0.3) is 0 Å². The summed E-state index contributed by atoms with van der Waals surface area (Å²) < 4.78 is 0. The van der Waals surface area contributed by atoms with Gasteiger partial charge in [-0.15, -0.1) is 6.42 Å². The molecule has 1 heteroatoms. The first kappa shape index (κ1) is 13.1. The lowest BCUT2D eigenvalue weighted by molar-refractivity contribution is 0.125. The van der Waals surface area contributed by atoms with E-state index in [1.807, 2.05) is 0 Å². The van der Waals surface area contributed by atoms with Gasteiger partial charge in [0.1, 0.15) is 5.60 Å². The molecule has 0 radical (unpaired) electrons. The van der Waals surface area contributed by atoms with E-state index in [0.717, 1.165) is 12.8 Å². The Morgan fingerprint density at radius 1 is 1.62 bits per heavy atom. The third-order valence-corrected chi connectivity index (χ3v) is 3.39. The second kappa shape index (κ2) is 4.47. The molecule has 0 bridgehead atoms.